The molecule has 0 spiro atoms. The molecule has 4 aromatic rings. The van der Waals surface area contributed by atoms with Crippen molar-refractivity contribution in [2.45, 2.75) is 26.2 Å². The minimum absolute atomic E-state index is 0.200. The predicted molar refractivity (Wildman–Crippen MR) is 93.4 cm³/mol. The Morgan fingerprint density at radius 2 is 2.11 bits per heavy atom. The minimum Gasteiger partial charge on any atom is -0.493 e. The number of ether oxygens (including phenoxy) is 1. The standard InChI is InChI=1S/C18H16FN7O/c1-11-21-9-26(24-11)15-8-20-17(25-10-22-23-18(15)25)5-2-12-13-6-7-27-16(13)4-3-14(12)19/h3-4,8-10H,2,5-7H2,1H3. The normalized spacial score (nSPS) is 13.1. The molecule has 0 N–H and O–H groups in total. The summed E-state index contributed by atoms with van der Waals surface area (Å²) >= 11 is 0. The third-order valence-electron chi connectivity index (χ3n) is 4.78. The van der Waals surface area contributed by atoms with Crippen LogP contribution in [0, 0.1) is 12.7 Å². The number of halogens is 1. The Morgan fingerprint density at radius 3 is 2.96 bits per heavy atom. The van der Waals surface area contributed by atoms with Crippen molar-refractivity contribution in [3.8, 4) is 11.4 Å². The zero-order valence-electron chi connectivity index (χ0n) is 14.6. The third-order valence-corrected chi connectivity index (χ3v) is 4.78. The number of hydrogen-bond donors (Lipinski definition) is 0. The molecule has 8 nitrogen and oxygen atoms in total. The zero-order chi connectivity index (χ0) is 18.4. The zero-order valence-corrected chi connectivity index (χ0v) is 14.6. The van der Waals surface area contributed by atoms with Gasteiger partial charge in [-0.1, -0.05) is 0 Å². The summed E-state index contributed by atoms with van der Waals surface area (Å²) in [6, 6.07) is 3.17. The minimum atomic E-state index is -0.200. The van der Waals surface area contributed by atoms with Crippen molar-refractivity contribution in [3.63, 3.8) is 0 Å². The number of aryl methyl sites for hydroxylation is 2. The molecule has 0 aliphatic carbocycles. The Kier molecular flexibility index (Phi) is 3.59. The molecule has 0 amide bonds. The smallest absolute Gasteiger partial charge is 0.189 e. The lowest BCUT2D eigenvalue weighted by molar-refractivity contribution is 0.356. The molecule has 0 atom stereocenters. The van der Waals surface area contributed by atoms with Gasteiger partial charge < -0.3 is 4.74 Å². The molecule has 0 saturated carbocycles. The maximum atomic E-state index is 14.4. The van der Waals surface area contributed by atoms with Crippen molar-refractivity contribution < 1.29 is 9.13 Å². The Balaban J connectivity index is 1.49. The van der Waals surface area contributed by atoms with Crippen LogP contribution in [0.15, 0.2) is 31.0 Å². The fourth-order valence-electron chi connectivity index (χ4n) is 3.48. The lowest BCUT2D eigenvalue weighted by Gasteiger charge is -2.10. The molecule has 1 aliphatic rings. The summed E-state index contributed by atoms with van der Waals surface area (Å²) in [4.78, 5) is 8.68. The van der Waals surface area contributed by atoms with Crippen LogP contribution in [-0.2, 0) is 19.3 Å². The summed E-state index contributed by atoms with van der Waals surface area (Å²) < 4.78 is 23.3. The second-order valence-corrected chi connectivity index (χ2v) is 6.42. The summed E-state index contributed by atoms with van der Waals surface area (Å²) in [5, 5.41) is 12.5. The van der Waals surface area contributed by atoms with Gasteiger partial charge in [-0.3, -0.25) is 4.40 Å². The summed E-state index contributed by atoms with van der Waals surface area (Å²) in [7, 11) is 0. The number of benzene rings is 1. The number of aromatic nitrogens is 7. The second-order valence-electron chi connectivity index (χ2n) is 6.42. The maximum absolute atomic E-state index is 14.4. The number of nitrogens with zero attached hydrogens (tertiary/aromatic N) is 7. The highest BCUT2D eigenvalue weighted by atomic mass is 19.1. The Labute approximate surface area is 153 Å². The Bertz CT molecular complexity index is 1150. The molecule has 0 saturated heterocycles. The van der Waals surface area contributed by atoms with Crippen LogP contribution in [0.1, 0.15) is 22.8 Å². The van der Waals surface area contributed by atoms with Crippen molar-refractivity contribution in [3.05, 3.63) is 59.6 Å². The maximum Gasteiger partial charge on any atom is 0.189 e. The lowest BCUT2D eigenvalue weighted by Crippen LogP contribution is -2.08. The van der Waals surface area contributed by atoms with E-state index in [1.54, 1.807) is 29.6 Å². The molecule has 4 heterocycles. The van der Waals surface area contributed by atoms with Crippen LogP contribution in [-0.4, -0.2) is 41.0 Å². The monoisotopic (exact) mass is 365 g/mol. The fraction of sp³-hybridized carbons (Fsp3) is 0.278. The molecule has 0 bridgehead atoms. The van der Waals surface area contributed by atoms with Gasteiger partial charge in [0.05, 0.1) is 12.8 Å². The van der Waals surface area contributed by atoms with Gasteiger partial charge in [-0.2, -0.15) is 5.10 Å². The molecule has 1 aromatic carbocycles. The van der Waals surface area contributed by atoms with E-state index in [1.807, 2.05) is 11.3 Å². The van der Waals surface area contributed by atoms with Gasteiger partial charge in [0.25, 0.3) is 0 Å². The molecule has 3 aromatic heterocycles. The summed E-state index contributed by atoms with van der Waals surface area (Å²) in [6.07, 6.45) is 6.74. The Morgan fingerprint density at radius 1 is 1.19 bits per heavy atom. The van der Waals surface area contributed by atoms with E-state index in [0.29, 0.717) is 42.2 Å². The highest BCUT2D eigenvalue weighted by Gasteiger charge is 2.20. The van der Waals surface area contributed by atoms with Gasteiger partial charge in [-0.25, -0.2) is 19.0 Å². The summed E-state index contributed by atoms with van der Waals surface area (Å²) in [6.45, 7) is 2.42. The SMILES string of the molecule is Cc1ncn(-c2cnc(CCc3c(F)ccc4c3CCO4)n3cnnc23)n1. The van der Waals surface area contributed by atoms with Gasteiger partial charge in [0.1, 0.15) is 41.6 Å². The first-order valence-electron chi connectivity index (χ1n) is 8.70. The largest absolute Gasteiger partial charge is 0.493 e. The first-order valence-corrected chi connectivity index (χ1v) is 8.70. The van der Waals surface area contributed by atoms with Crippen LogP contribution in [0.5, 0.6) is 5.75 Å². The highest BCUT2D eigenvalue weighted by molar-refractivity contribution is 5.56. The van der Waals surface area contributed by atoms with Crippen LogP contribution in [0.25, 0.3) is 11.3 Å². The van der Waals surface area contributed by atoms with E-state index in [9.17, 15) is 4.39 Å². The summed E-state index contributed by atoms with van der Waals surface area (Å²) in [5.74, 6) is 2.00. The first kappa shape index (κ1) is 15.9. The van der Waals surface area contributed by atoms with E-state index in [2.05, 4.69) is 25.3 Å². The summed E-state index contributed by atoms with van der Waals surface area (Å²) in [5.41, 5.74) is 2.98. The van der Waals surface area contributed by atoms with E-state index in [0.717, 1.165) is 23.6 Å². The average Bonchev–Trinajstić information content (AvgIpc) is 3.40. The number of rotatable bonds is 4. The van der Waals surface area contributed by atoms with Gasteiger partial charge in [-0.15, -0.1) is 10.2 Å². The highest BCUT2D eigenvalue weighted by Crippen LogP contribution is 2.31. The van der Waals surface area contributed by atoms with E-state index < -0.39 is 0 Å². The first-order chi connectivity index (χ1) is 13.2. The van der Waals surface area contributed by atoms with Crippen LogP contribution in [0.4, 0.5) is 4.39 Å². The van der Waals surface area contributed by atoms with E-state index >= 15 is 0 Å². The third kappa shape index (κ3) is 2.62. The molecular weight excluding hydrogens is 349 g/mol. The van der Waals surface area contributed by atoms with Crippen LogP contribution < -0.4 is 4.74 Å². The quantitative estimate of drug-likeness (QED) is 0.549. The molecule has 0 unspecified atom stereocenters. The van der Waals surface area contributed by atoms with Crippen molar-refractivity contribution >= 4 is 5.65 Å². The van der Waals surface area contributed by atoms with Crippen LogP contribution in [0.3, 0.4) is 0 Å². The topological polar surface area (TPSA) is 83.0 Å². The predicted octanol–water partition coefficient (Wildman–Crippen LogP) is 1.87. The van der Waals surface area contributed by atoms with E-state index in [1.165, 1.54) is 6.07 Å². The Hall–Kier alpha value is -3.36. The number of fused-ring (bicyclic) bond motifs is 2. The van der Waals surface area contributed by atoms with Gasteiger partial charge >= 0.3 is 0 Å². The molecule has 1 aliphatic heterocycles. The molecule has 0 radical (unpaired) electrons. The average molecular weight is 365 g/mol. The lowest BCUT2D eigenvalue weighted by atomic mass is 10.00. The van der Waals surface area contributed by atoms with Gasteiger partial charge in [0, 0.05) is 18.4 Å². The molecule has 0 fully saturated rings. The fourth-order valence-corrected chi connectivity index (χ4v) is 3.48. The van der Waals surface area contributed by atoms with Gasteiger partial charge in [0.15, 0.2) is 5.65 Å². The van der Waals surface area contributed by atoms with Gasteiger partial charge in [-0.05, 0) is 31.0 Å². The molecule has 136 valence electrons. The van der Waals surface area contributed by atoms with Crippen molar-refractivity contribution in [2.24, 2.45) is 0 Å². The van der Waals surface area contributed by atoms with E-state index in [4.69, 9.17) is 4.74 Å². The van der Waals surface area contributed by atoms with Crippen LogP contribution in [0.2, 0.25) is 0 Å². The molecular formula is C18H16FN7O. The van der Waals surface area contributed by atoms with Crippen molar-refractivity contribution in [2.75, 3.05) is 6.61 Å². The molecule has 27 heavy (non-hydrogen) atoms. The van der Waals surface area contributed by atoms with Gasteiger partial charge in [0.2, 0.25) is 0 Å². The van der Waals surface area contributed by atoms with Crippen molar-refractivity contribution in [1.82, 2.24) is 34.3 Å². The van der Waals surface area contributed by atoms with Crippen molar-refractivity contribution in [1.29, 1.82) is 0 Å². The second kappa shape index (κ2) is 6.11. The molecule has 5 rings (SSSR count). The number of hydrogen-bond acceptors (Lipinski definition) is 6. The van der Waals surface area contributed by atoms with Crippen LogP contribution >= 0.6 is 0 Å². The molecule has 9 heteroatoms. The van der Waals surface area contributed by atoms with E-state index in [-0.39, 0.29) is 5.82 Å².